The van der Waals surface area contributed by atoms with E-state index < -0.39 is 4.92 Å². The Morgan fingerprint density at radius 3 is 2.40 bits per heavy atom. The Morgan fingerprint density at radius 1 is 1.12 bits per heavy atom. The third-order valence-electron chi connectivity index (χ3n) is 3.24. The molecule has 9 heteroatoms. The van der Waals surface area contributed by atoms with Crippen molar-refractivity contribution in [2.75, 3.05) is 7.11 Å². The first-order valence-electron chi connectivity index (χ1n) is 7.01. The number of nitrogens with zero attached hydrogens (tertiary/aromatic N) is 3. The fourth-order valence-corrected chi connectivity index (χ4v) is 2.57. The highest BCUT2D eigenvalue weighted by molar-refractivity contribution is 8.14. The Labute approximate surface area is 146 Å². The highest BCUT2D eigenvalue weighted by Crippen LogP contribution is 2.27. The first kappa shape index (κ1) is 16.7. The van der Waals surface area contributed by atoms with Gasteiger partial charge in [-0.15, -0.1) is 10.2 Å². The molecule has 0 aliphatic carbocycles. The summed E-state index contributed by atoms with van der Waals surface area (Å²) >= 11 is 0.760. The van der Waals surface area contributed by atoms with Gasteiger partial charge in [0.1, 0.15) is 5.75 Å². The number of methoxy groups -OCH3 is 1. The lowest BCUT2D eigenvalue weighted by Crippen LogP contribution is -1.94. The van der Waals surface area contributed by atoms with E-state index in [4.69, 9.17) is 9.15 Å². The van der Waals surface area contributed by atoms with Crippen molar-refractivity contribution in [3.8, 4) is 17.2 Å². The highest BCUT2D eigenvalue weighted by Gasteiger charge is 2.16. The number of carbonyl (C=O) groups excluding carboxylic acids is 1. The molecule has 1 aromatic heterocycles. The van der Waals surface area contributed by atoms with E-state index in [9.17, 15) is 14.9 Å². The molecule has 1 heterocycles. The van der Waals surface area contributed by atoms with Gasteiger partial charge in [-0.25, -0.2) is 0 Å². The summed E-state index contributed by atoms with van der Waals surface area (Å²) < 4.78 is 10.5. The second-order valence-corrected chi connectivity index (χ2v) is 5.72. The van der Waals surface area contributed by atoms with Crippen LogP contribution in [-0.2, 0) is 0 Å². The molecule has 0 aliphatic heterocycles. The van der Waals surface area contributed by atoms with Crippen molar-refractivity contribution in [1.82, 2.24) is 10.2 Å². The molecule has 0 spiro atoms. The number of carbonyl (C=O) groups is 1. The third kappa shape index (κ3) is 3.83. The molecule has 0 radical (unpaired) electrons. The molecule has 3 aromatic rings. The zero-order valence-corrected chi connectivity index (χ0v) is 13.7. The second-order valence-electron chi connectivity index (χ2n) is 4.80. The van der Waals surface area contributed by atoms with Crippen molar-refractivity contribution in [3.05, 3.63) is 64.2 Å². The van der Waals surface area contributed by atoms with Crippen LogP contribution in [0.1, 0.15) is 10.4 Å². The maximum absolute atomic E-state index is 12.2. The molecule has 0 saturated carbocycles. The average Bonchev–Trinajstić information content (AvgIpc) is 3.10. The minimum absolute atomic E-state index is 0.0823. The summed E-state index contributed by atoms with van der Waals surface area (Å²) in [6.07, 6.45) is 0. The lowest BCUT2D eigenvalue weighted by atomic mass is 10.2. The van der Waals surface area contributed by atoms with Crippen molar-refractivity contribution in [2.45, 2.75) is 5.22 Å². The van der Waals surface area contributed by atoms with Gasteiger partial charge in [0.2, 0.25) is 11.0 Å². The summed E-state index contributed by atoms with van der Waals surface area (Å²) in [4.78, 5) is 22.3. The predicted octanol–water partition coefficient (Wildman–Crippen LogP) is 3.59. The molecule has 0 amide bonds. The summed E-state index contributed by atoms with van der Waals surface area (Å²) in [5.74, 6) is 0.980. The van der Waals surface area contributed by atoms with Crippen LogP contribution in [0, 0.1) is 10.1 Å². The molecule has 0 unspecified atom stereocenters. The van der Waals surface area contributed by atoms with Gasteiger partial charge in [0.15, 0.2) is 0 Å². The van der Waals surface area contributed by atoms with Crippen LogP contribution in [0.4, 0.5) is 5.69 Å². The van der Waals surface area contributed by atoms with E-state index in [0.29, 0.717) is 16.9 Å². The van der Waals surface area contributed by atoms with Crippen LogP contribution >= 0.6 is 11.8 Å². The Kier molecular flexibility index (Phi) is 4.75. The zero-order valence-electron chi connectivity index (χ0n) is 12.9. The van der Waals surface area contributed by atoms with Crippen LogP contribution < -0.4 is 4.74 Å². The van der Waals surface area contributed by atoms with E-state index in [0.717, 1.165) is 11.8 Å². The largest absolute Gasteiger partial charge is 0.497 e. The molecule has 2 aromatic carbocycles. The summed E-state index contributed by atoms with van der Waals surface area (Å²) in [5.41, 5.74) is 0.920. The van der Waals surface area contributed by atoms with E-state index in [-0.39, 0.29) is 21.9 Å². The molecule has 126 valence electrons. The number of rotatable bonds is 5. The topological polar surface area (TPSA) is 108 Å². The molecular formula is C16H11N3O5S. The number of nitro groups is 1. The molecule has 0 atom stereocenters. The maximum Gasteiger partial charge on any atom is 0.284 e. The normalized spacial score (nSPS) is 10.4. The monoisotopic (exact) mass is 357 g/mol. The van der Waals surface area contributed by atoms with Gasteiger partial charge in [-0.2, -0.15) is 0 Å². The third-order valence-corrected chi connectivity index (χ3v) is 4.00. The Morgan fingerprint density at radius 2 is 1.80 bits per heavy atom. The van der Waals surface area contributed by atoms with Crippen molar-refractivity contribution < 1.29 is 18.9 Å². The molecule has 0 N–H and O–H groups in total. The standard InChI is InChI=1S/C16H11N3O5S/c1-23-13-8-4-10(5-9-13)14-17-18-16(24-14)25-15(20)11-2-6-12(7-3-11)19(21)22/h2-9H,1H3. The van der Waals surface area contributed by atoms with Gasteiger partial charge < -0.3 is 9.15 Å². The van der Waals surface area contributed by atoms with Gasteiger partial charge in [-0.1, -0.05) is 0 Å². The number of non-ortho nitro benzene ring substituents is 1. The average molecular weight is 357 g/mol. The van der Waals surface area contributed by atoms with Gasteiger partial charge in [0.05, 0.1) is 12.0 Å². The van der Waals surface area contributed by atoms with Crippen LogP contribution in [0.3, 0.4) is 0 Å². The van der Waals surface area contributed by atoms with Crippen molar-refractivity contribution in [3.63, 3.8) is 0 Å². The Hall–Kier alpha value is -3.20. The first-order chi connectivity index (χ1) is 12.1. The van der Waals surface area contributed by atoms with E-state index >= 15 is 0 Å². The second kappa shape index (κ2) is 7.14. The van der Waals surface area contributed by atoms with E-state index in [1.807, 2.05) is 0 Å². The molecule has 8 nitrogen and oxygen atoms in total. The van der Waals surface area contributed by atoms with Crippen LogP contribution in [0.5, 0.6) is 5.75 Å². The summed E-state index contributed by atoms with van der Waals surface area (Å²) in [5, 5.41) is 18.1. The number of thioether (sulfide) groups is 1. The van der Waals surface area contributed by atoms with Crippen LogP contribution in [-0.4, -0.2) is 27.3 Å². The number of hydrogen-bond donors (Lipinski definition) is 0. The summed E-state index contributed by atoms with van der Waals surface area (Å²) in [6.45, 7) is 0. The minimum atomic E-state index is -0.527. The fraction of sp³-hybridized carbons (Fsp3) is 0.0625. The molecule has 0 saturated heterocycles. The first-order valence-corrected chi connectivity index (χ1v) is 7.83. The SMILES string of the molecule is COc1ccc(-c2nnc(SC(=O)c3ccc([N+](=O)[O-])cc3)o2)cc1. The lowest BCUT2D eigenvalue weighted by Gasteiger charge is -1.99. The number of benzene rings is 2. The molecule has 0 fully saturated rings. The number of hydrogen-bond acceptors (Lipinski definition) is 8. The zero-order chi connectivity index (χ0) is 17.8. The van der Waals surface area contributed by atoms with E-state index in [2.05, 4.69) is 10.2 Å². The molecule has 0 aliphatic rings. The minimum Gasteiger partial charge on any atom is -0.497 e. The molecule has 3 rings (SSSR count). The summed E-state index contributed by atoms with van der Waals surface area (Å²) in [6, 6.07) is 12.3. The number of aromatic nitrogens is 2. The Bertz CT molecular complexity index is 906. The van der Waals surface area contributed by atoms with Crippen molar-refractivity contribution in [2.24, 2.45) is 0 Å². The number of ether oxygens (including phenoxy) is 1. The Balaban J connectivity index is 1.71. The van der Waals surface area contributed by atoms with Gasteiger partial charge in [-0.3, -0.25) is 14.9 Å². The van der Waals surface area contributed by atoms with Gasteiger partial charge in [-0.05, 0) is 36.4 Å². The number of nitro benzene ring substituents is 1. The van der Waals surface area contributed by atoms with E-state index in [1.54, 1.807) is 31.4 Å². The quantitative estimate of drug-likeness (QED) is 0.387. The smallest absolute Gasteiger partial charge is 0.284 e. The predicted molar refractivity (Wildman–Crippen MR) is 89.6 cm³/mol. The maximum atomic E-state index is 12.2. The lowest BCUT2D eigenvalue weighted by molar-refractivity contribution is -0.384. The van der Waals surface area contributed by atoms with Crippen molar-refractivity contribution in [1.29, 1.82) is 0 Å². The van der Waals surface area contributed by atoms with Crippen LogP contribution in [0.25, 0.3) is 11.5 Å². The molecule has 25 heavy (non-hydrogen) atoms. The van der Waals surface area contributed by atoms with Gasteiger partial charge >= 0.3 is 0 Å². The highest BCUT2D eigenvalue weighted by atomic mass is 32.2. The van der Waals surface area contributed by atoms with Crippen LogP contribution in [0.15, 0.2) is 58.2 Å². The van der Waals surface area contributed by atoms with Gasteiger partial charge in [0.25, 0.3) is 10.9 Å². The van der Waals surface area contributed by atoms with Gasteiger partial charge in [0, 0.05) is 35.0 Å². The van der Waals surface area contributed by atoms with Crippen molar-refractivity contribution >= 4 is 22.6 Å². The van der Waals surface area contributed by atoms with Crippen LogP contribution in [0.2, 0.25) is 0 Å². The molecular weight excluding hydrogens is 346 g/mol. The summed E-state index contributed by atoms with van der Waals surface area (Å²) in [7, 11) is 1.57. The van der Waals surface area contributed by atoms with E-state index in [1.165, 1.54) is 24.3 Å². The fourth-order valence-electron chi connectivity index (χ4n) is 1.96. The molecule has 0 bridgehead atoms.